The first-order valence-electron chi connectivity index (χ1n) is 5.83. The summed E-state index contributed by atoms with van der Waals surface area (Å²) >= 11 is 0. The SMILES string of the molecule is Cc1ccccc1C1=CCCNCCC1. The molecule has 1 heterocycles. The summed E-state index contributed by atoms with van der Waals surface area (Å²) in [5.41, 5.74) is 4.38. The minimum absolute atomic E-state index is 1.12. The molecule has 0 atom stereocenters. The van der Waals surface area contributed by atoms with E-state index in [0.29, 0.717) is 0 Å². The number of allylic oxidation sites excluding steroid dienone is 1. The first kappa shape index (κ1) is 10.4. The predicted octanol–water partition coefficient (Wildman–Crippen LogP) is 3.15. The second-order valence-corrected chi connectivity index (χ2v) is 4.19. The molecule has 1 nitrogen and oxygen atoms in total. The van der Waals surface area contributed by atoms with Gasteiger partial charge in [0.05, 0.1) is 0 Å². The highest BCUT2D eigenvalue weighted by Crippen LogP contribution is 2.24. The van der Waals surface area contributed by atoms with Crippen LogP contribution in [0.5, 0.6) is 0 Å². The Morgan fingerprint density at radius 2 is 2.00 bits per heavy atom. The van der Waals surface area contributed by atoms with Crippen molar-refractivity contribution in [3.63, 3.8) is 0 Å². The third-order valence-corrected chi connectivity index (χ3v) is 3.00. The molecule has 1 aliphatic heterocycles. The molecule has 2 rings (SSSR count). The topological polar surface area (TPSA) is 12.0 Å². The van der Waals surface area contributed by atoms with Crippen LogP contribution < -0.4 is 5.32 Å². The molecule has 0 unspecified atom stereocenters. The van der Waals surface area contributed by atoms with Crippen molar-refractivity contribution in [1.82, 2.24) is 5.32 Å². The molecule has 0 bridgehead atoms. The molecule has 0 saturated heterocycles. The summed E-state index contributed by atoms with van der Waals surface area (Å²) in [6.07, 6.45) is 6.01. The molecule has 0 radical (unpaired) electrons. The van der Waals surface area contributed by atoms with Crippen molar-refractivity contribution in [3.05, 3.63) is 41.5 Å². The molecule has 0 aliphatic carbocycles. The maximum atomic E-state index is 3.43. The fraction of sp³-hybridized carbons (Fsp3) is 0.429. The highest BCUT2D eigenvalue weighted by molar-refractivity contribution is 5.68. The Labute approximate surface area is 92.2 Å². The number of hydrogen-bond acceptors (Lipinski definition) is 1. The van der Waals surface area contributed by atoms with Gasteiger partial charge in [-0.3, -0.25) is 0 Å². The average molecular weight is 201 g/mol. The molecule has 15 heavy (non-hydrogen) atoms. The number of hydrogen-bond donors (Lipinski definition) is 1. The maximum Gasteiger partial charge on any atom is -0.00141 e. The smallest absolute Gasteiger partial charge is 0.00141 e. The lowest BCUT2D eigenvalue weighted by Gasteiger charge is -2.14. The van der Waals surface area contributed by atoms with Crippen LogP contribution in [0.1, 0.15) is 30.4 Å². The first-order chi connectivity index (χ1) is 7.38. The van der Waals surface area contributed by atoms with E-state index in [2.05, 4.69) is 42.6 Å². The molecule has 80 valence electrons. The third kappa shape index (κ3) is 2.69. The molecule has 0 amide bonds. The van der Waals surface area contributed by atoms with Gasteiger partial charge >= 0.3 is 0 Å². The molecular formula is C14H19N. The van der Waals surface area contributed by atoms with E-state index in [9.17, 15) is 0 Å². The zero-order valence-electron chi connectivity index (χ0n) is 9.42. The quantitative estimate of drug-likeness (QED) is 0.736. The summed E-state index contributed by atoms with van der Waals surface area (Å²) in [6.45, 7) is 4.48. The van der Waals surface area contributed by atoms with Gasteiger partial charge in [0.2, 0.25) is 0 Å². The molecule has 0 fully saturated rings. The number of benzene rings is 1. The van der Waals surface area contributed by atoms with Gasteiger partial charge in [-0.2, -0.15) is 0 Å². The summed E-state index contributed by atoms with van der Waals surface area (Å²) in [5.74, 6) is 0. The highest BCUT2D eigenvalue weighted by atomic mass is 14.8. The summed E-state index contributed by atoms with van der Waals surface area (Å²) in [6, 6.07) is 8.70. The standard InChI is InChI=1S/C14H19N/c1-12-6-2-3-9-14(12)13-7-4-10-15-11-5-8-13/h2-3,6-7,9,15H,4-5,8,10-11H2,1H3. The Morgan fingerprint density at radius 3 is 2.87 bits per heavy atom. The Balaban J connectivity index is 2.24. The molecule has 1 heteroatoms. The molecule has 0 saturated carbocycles. The van der Waals surface area contributed by atoms with Crippen molar-refractivity contribution in [1.29, 1.82) is 0 Å². The van der Waals surface area contributed by atoms with Crippen LogP contribution >= 0.6 is 0 Å². The molecule has 0 spiro atoms. The van der Waals surface area contributed by atoms with E-state index in [1.807, 2.05) is 0 Å². The Kier molecular flexibility index (Phi) is 3.57. The van der Waals surface area contributed by atoms with Crippen LogP contribution in [0.4, 0.5) is 0 Å². The second kappa shape index (κ2) is 5.13. The minimum Gasteiger partial charge on any atom is -0.316 e. The van der Waals surface area contributed by atoms with Gasteiger partial charge in [0, 0.05) is 0 Å². The summed E-state index contributed by atoms with van der Waals surface area (Å²) in [4.78, 5) is 0. The highest BCUT2D eigenvalue weighted by Gasteiger charge is 2.05. The second-order valence-electron chi connectivity index (χ2n) is 4.19. The zero-order chi connectivity index (χ0) is 10.5. The lowest BCUT2D eigenvalue weighted by atomic mass is 9.95. The van der Waals surface area contributed by atoms with Gasteiger partial charge in [-0.1, -0.05) is 30.3 Å². The van der Waals surface area contributed by atoms with Crippen LogP contribution in [0, 0.1) is 6.92 Å². The summed E-state index contributed by atoms with van der Waals surface area (Å²) < 4.78 is 0. The number of aryl methyl sites for hydroxylation is 1. The van der Waals surface area contributed by atoms with Crippen LogP contribution in [0.2, 0.25) is 0 Å². The van der Waals surface area contributed by atoms with Crippen LogP contribution in [0.25, 0.3) is 5.57 Å². The van der Waals surface area contributed by atoms with Gasteiger partial charge < -0.3 is 5.32 Å². The van der Waals surface area contributed by atoms with Crippen LogP contribution in [0.15, 0.2) is 30.3 Å². The normalized spacial score (nSPS) is 17.8. The van der Waals surface area contributed by atoms with Crippen LogP contribution in [-0.2, 0) is 0 Å². The molecule has 1 aliphatic rings. The van der Waals surface area contributed by atoms with Gasteiger partial charge in [0.25, 0.3) is 0 Å². The number of rotatable bonds is 1. The zero-order valence-corrected chi connectivity index (χ0v) is 9.42. The molecule has 1 N–H and O–H groups in total. The van der Waals surface area contributed by atoms with Crippen molar-refractivity contribution < 1.29 is 0 Å². The van der Waals surface area contributed by atoms with E-state index in [1.165, 1.54) is 29.5 Å². The van der Waals surface area contributed by atoms with Crippen molar-refractivity contribution in [2.24, 2.45) is 0 Å². The maximum absolute atomic E-state index is 3.43. The minimum atomic E-state index is 1.12. The van der Waals surface area contributed by atoms with Gasteiger partial charge in [-0.25, -0.2) is 0 Å². The van der Waals surface area contributed by atoms with Gasteiger partial charge in [0.1, 0.15) is 0 Å². The van der Waals surface area contributed by atoms with Crippen LogP contribution in [0.3, 0.4) is 0 Å². The van der Waals surface area contributed by atoms with Crippen molar-refractivity contribution in [2.75, 3.05) is 13.1 Å². The largest absolute Gasteiger partial charge is 0.316 e. The Bertz CT molecular complexity index is 352. The monoisotopic (exact) mass is 201 g/mol. The summed E-state index contributed by atoms with van der Waals surface area (Å²) in [7, 11) is 0. The van der Waals surface area contributed by atoms with Crippen molar-refractivity contribution in [3.8, 4) is 0 Å². The Morgan fingerprint density at radius 1 is 1.13 bits per heavy atom. The Hall–Kier alpha value is -1.08. The van der Waals surface area contributed by atoms with E-state index >= 15 is 0 Å². The van der Waals surface area contributed by atoms with Crippen molar-refractivity contribution in [2.45, 2.75) is 26.2 Å². The predicted molar refractivity (Wildman–Crippen MR) is 65.9 cm³/mol. The van der Waals surface area contributed by atoms with Gasteiger partial charge in [0.15, 0.2) is 0 Å². The third-order valence-electron chi connectivity index (χ3n) is 3.00. The van der Waals surface area contributed by atoms with E-state index in [0.717, 1.165) is 19.5 Å². The van der Waals surface area contributed by atoms with Crippen LogP contribution in [-0.4, -0.2) is 13.1 Å². The molecule has 0 aromatic heterocycles. The number of nitrogens with one attached hydrogen (secondary N) is 1. The lowest BCUT2D eigenvalue weighted by molar-refractivity contribution is 0.650. The van der Waals surface area contributed by atoms with Gasteiger partial charge in [-0.15, -0.1) is 0 Å². The average Bonchev–Trinajstić information content (AvgIpc) is 2.19. The molecule has 1 aromatic rings. The fourth-order valence-electron chi connectivity index (χ4n) is 2.16. The summed E-state index contributed by atoms with van der Waals surface area (Å²) in [5, 5.41) is 3.43. The van der Waals surface area contributed by atoms with Gasteiger partial charge in [-0.05, 0) is 56.0 Å². The van der Waals surface area contributed by atoms with E-state index in [-0.39, 0.29) is 0 Å². The lowest BCUT2D eigenvalue weighted by Crippen LogP contribution is -2.17. The van der Waals surface area contributed by atoms with Crippen molar-refractivity contribution >= 4 is 5.57 Å². The fourth-order valence-corrected chi connectivity index (χ4v) is 2.16. The van der Waals surface area contributed by atoms with E-state index in [4.69, 9.17) is 0 Å². The first-order valence-corrected chi connectivity index (χ1v) is 5.83. The molecular weight excluding hydrogens is 182 g/mol. The molecule has 1 aromatic carbocycles. The van der Waals surface area contributed by atoms with E-state index < -0.39 is 0 Å². The van der Waals surface area contributed by atoms with E-state index in [1.54, 1.807) is 0 Å².